The molecule has 188 valence electrons. The smallest absolute Gasteiger partial charge is 0.258 e. The van der Waals surface area contributed by atoms with Crippen LogP contribution in [0.25, 0.3) is 0 Å². The van der Waals surface area contributed by atoms with E-state index in [2.05, 4.69) is 0 Å². The number of amides is 2. The van der Waals surface area contributed by atoms with Crippen molar-refractivity contribution < 1.29 is 14.3 Å². The van der Waals surface area contributed by atoms with Crippen molar-refractivity contribution in [1.82, 2.24) is 0 Å². The Morgan fingerprint density at radius 2 is 1.64 bits per heavy atom. The minimum absolute atomic E-state index is 0.0755. The van der Waals surface area contributed by atoms with Crippen molar-refractivity contribution in [3.05, 3.63) is 82.9 Å². The van der Waals surface area contributed by atoms with Gasteiger partial charge in [-0.1, -0.05) is 17.7 Å². The van der Waals surface area contributed by atoms with Crippen LogP contribution in [0, 0.1) is 0 Å². The van der Waals surface area contributed by atoms with Crippen LogP contribution < -0.4 is 19.4 Å². The van der Waals surface area contributed by atoms with Crippen molar-refractivity contribution >= 4 is 40.5 Å². The molecular weight excluding hydrogens is 474 g/mol. The van der Waals surface area contributed by atoms with Crippen LogP contribution in [0.1, 0.15) is 49.2 Å². The predicted octanol–water partition coefficient (Wildman–Crippen LogP) is 6.34. The van der Waals surface area contributed by atoms with Crippen LogP contribution in [-0.4, -0.2) is 38.6 Å². The van der Waals surface area contributed by atoms with Gasteiger partial charge in [0, 0.05) is 55.1 Å². The van der Waals surface area contributed by atoms with Crippen LogP contribution in [0.4, 0.5) is 17.1 Å². The molecule has 2 atom stereocenters. The number of benzene rings is 3. The lowest BCUT2D eigenvalue weighted by Crippen LogP contribution is -2.47. The van der Waals surface area contributed by atoms with Gasteiger partial charge in [0.2, 0.25) is 5.91 Å². The molecule has 1 aliphatic heterocycles. The fraction of sp³-hybridized carbons (Fsp3) is 0.310. The second-order valence-electron chi connectivity index (χ2n) is 9.24. The second kappa shape index (κ2) is 10.6. The summed E-state index contributed by atoms with van der Waals surface area (Å²) < 4.78 is 5.79. The SMILES string of the molecule is CCOc1ccc2c(c1)N(C(=O)c1ccc(N(C)C)cc1)[C@@H](C)C[C@H]2N(C(C)=O)c1ccc(Cl)cc1. The van der Waals surface area contributed by atoms with Crippen molar-refractivity contribution in [3.63, 3.8) is 0 Å². The standard InChI is InChI=1S/C29H32ClN3O3/c1-6-36-25-15-16-26-27(33(20(3)34)24-13-9-22(30)10-14-24)17-19(2)32(28(26)18-25)29(35)21-7-11-23(12-8-21)31(4)5/h7-16,18-19,27H,6,17H2,1-5H3/t19-,27+/m0/s1. The van der Waals surface area contributed by atoms with Crippen molar-refractivity contribution in [1.29, 1.82) is 0 Å². The van der Waals surface area contributed by atoms with Gasteiger partial charge in [0.25, 0.3) is 5.91 Å². The van der Waals surface area contributed by atoms with E-state index in [0.717, 1.165) is 22.6 Å². The average Bonchev–Trinajstić information content (AvgIpc) is 2.85. The lowest BCUT2D eigenvalue weighted by atomic mass is 9.89. The quantitative estimate of drug-likeness (QED) is 0.392. The number of hydrogen-bond donors (Lipinski definition) is 0. The van der Waals surface area contributed by atoms with Crippen LogP contribution in [0.2, 0.25) is 5.02 Å². The minimum Gasteiger partial charge on any atom is -0.494 e. The van der Waals surface area contributed by atoms with Gasteiger partial charge in [0.1, 0.15) is 5.75 Å². The Morgan fingerprint density at radius 3 is 2.22 bits per heavy atom. The Morgan fingerprint density at radius 1 is 1.00 bits per heavy atom. The zero-order chi connectivity index (χ0) is 26.0. The van der Waals surface area contributed by atoms with Crippen LogP contribution >= 0.6 is 11.6 Å². The number of carbonyl (C=O) groups excluding carboxylic acids is 2. The van der Waals surface area contributed by atoms with E-state index in [4.69, 9.17) is 16.3 Å². The number of fused-ring (bicyclic) bond motifs is 1. The minimum atomic E-state index is -0.246. The van der Waals surface area contributed by atoms with Crippen molar-refractivity contribution in [2.24, 2.45) is 0 Å². The summed E-state index contributed by atoms with van der Waals surface area (Å²) in [5, 5.41) is 0.609. The van der Waals surface area contributed by atoms with Gasteiger partial charge in [-0.25, -0.2) is 0 Å². The first-order valence-electron chi connectivity index (χ1n) is 12.1. The first-order valence-corrected chi connectivity index (χ1v) is 12.5. The molecular formula is C29H32ClN3O3. The summed E-state index contributed by atoms with van der Waals surface area (Å²) in [5.41, 5.74) is 4.06. The molecule has 1 aliphatic rings. The molecule has 0 saturated heterocycles. The molecule has 0 saturated carbocycles. The fourth-order valence-electron chi connectivity index (χ4n) is 4.84. The fourth-order valence-corrected chi connectivity index (χ4v) is 4.97. The first kappa shape index (κ1) is 25.6. The summed E-state index contributed by atoms with van der Waals surface area (Å²) in [6, 6.07) is 20.3. The maximum absolute atomic E-state index is 13.8. The highest BCUT2D eigenvalue weighted by molar-refractivity contribution is 6.30. The molecule has 3 aromatic carbocycles. The van der Waals surface area contributed by atoms with Crippen LogP contribution in [0.3, 0.4) is 0 Å². The predicted molar refractivity (Wildman–Crippen MR) is 147 cm³/mol. The van der Waals surface area contributed by atoms with Gasteiger partial charge in [0.15, 0.2) is 0 Å². The molecule has 1 heterocycles. The first-order chi connectivity index (χ1) is 17.2. The number of ether oxygens (including phenoxy) is 1. The highest BCUT2D eigenvalue weighted by Crippen LogP contribution is 2.44. The molecule has 6 nitrogen and oxygen atoms in total. The van der Waals surface area contributed by atoms with E-state index < -0.39 is 0 Å². The zero-order valence-electron chi connectivity index (χ0n) is 21.4. The summed E-state index contributed by atoms with van der Waals surface area (Å²) in [6.07, 6.45) is 0.588. The maximum Gasteiger partial charge on any atom is 0.258 e. The third-order valence-corrected chi connectivity index (χ3v) is 6.79. The monoisotopic (exact) mass is 505 g/mol. The Kier molecular flexibility index (Phi) is 7.55. The van der Waals surface area contributed by atoms with Gasteiger partial charge in [-0.3, -0.25) is 9.59 Å². The lowest BCUT2D eigenvalue weighted by Gasteiger charge is -2.43. The highest BCUT2D eigenvalue weighted by atomic mass is 35.5. The third-order valence-electron chi connectivity index (χ3n) is 6.54. The highest BCUT2D eigenvalue weighted by Gasteiger charge is 2.38. The molecule has 0 spiro atoms. The Balaban J connectivity index is 1.80. The molecule has 0 bridgehead atoms. The zero-order valence-corrected chi connectivity index (χ0v) is 22.1. The molecule has 0 fully saturated rings. The molecule has 4 rings (SSSR count). The molecule has 0 N–H and O–H groups in total. The topological polar surface area (TPSA) is 53.1 Å². The molecule has 2 amide bonds. The van der Waals surface area contributed by atoms with E-state index in [9.17, 15) is 9.59 Å². The summed E-state index contributed by atoms with van der Waals surface area (Å²) in [5.74, 6) is 0.529. The van der Waals surface area contributed by atoms with E-state index in [-0.39, 0.29) is 23.9 Å². The van der Waals surface area contributed by atoms with Gasteiger partial charge in [-0.05, 0) is 80.4 Å². The number of rotatable bonds is 6. The Bertz CT molecular complexity index is 1240. The summed E-state index contributed by atoms with van der Waals surface area (Å²) in [7, 11) is 3.94. The summed E-state index contributed by atoms with van der Waals surface area (Å²) in [4.78, 5) is 32.4. The Hall–Kier alpha value is -3.51. The normalized spacial score (nSPS) is 16.8. The van der Waals surface area contributed by atoms with E-state index in [0.29, 0.717) is 29.4 Å². The molecule has 0 unspecified atom stereocenters. The largest absolute Gasteiger partial charge is 0.494 e. The molecule has 0 radical (unpaired) electrons. The van der Waals surface area contributed by atoms with Crippen LogP contribution in [0.15, 0.2) is 66.7 Å². The molecule has 7 heteroatoms. The van der Waals surface area contributed by atoms with Gasteiger partial charge >= 0.3 is 0 Å². The third kappa shape index (κ3) is 5.05. The van der Waals surface area contributed by atoms with Gasteiger partial charge in [0.05, 0.1) is 18.3 Å². The number of hydrogen-bond acceptors (Lipinski definition) is 4. The molecule has 0 aliphatic carbocycles. The van der Waals surface area contributed by atoms with Gasteiger partial charge in [-0.15, -0.1) is 0 Å². The summed E-state index contributed by atoms with van der Waals surface area (Å²) in [6.45, 7) is 6.03. The van der Waals surface area contributed by atoms with Crippen LogP contribution in [0.5, 0.6) is 5.75 Å². The van der Waals surface area contributed by atoms with E-state index >= 15 is 0 Å². The van der Waals surface area contributed by atoms with E-state index in [1.807, 2.05) is 92.3 Å². The number of halogens is 1. The number of nitrogens with zero attached hydrogens (tertiary/aromatic N) is 3. The summed E-state index contributed by atoms with van der Waals surface area (Å²) >= 11 is 6.11. The second-order valence-corrected chi connectivity index (χ2v) is 9.67. The lowest BCUT2D eigenvalue weighted by molar-refractivity contribution is -0.117. The van der Waals surface area contributed by atoms with Gasteiger partial charge < -0.3 is 19.4 Å². The van der Waals surface area contributed by atoms with Crippen molar-refractivity contribution in [2.75, 3.05) is 35.4 Å². The Labute approximate surface area is 218 Å². The number of carbonyl (C=O) groups is 2. The van der Waals surface area contributed by atoms with Crippen LogP contribution in [-0.2, 0) is 4.79 Å². The molecule has 0 aromatic heterocycles. The number of anilines is 3. The molecule has 3 aromatic rings. The van der Waals surface area contributed by atoms with E-state index in [1.54, 1.807) is 24.0 Å². The van der Waals surface area contributed by atoms with Crippen molar-refractivity contribution in [3.8, 4) is 5.75 Å². The van der Waals surface area contributed by atoms with E-state index in [1.165, 1.54) is 0 Å². The van der Waals surface area contributed by atoms with Gasteiger partial charge in [-0.2, -0.15) is 0 Å². The average molecular weight is 506 g/mol. The molecule has 36 heavy (non-hydrogen) atoms. The van der Waals surface area contributed by atoms with Crippen molar-refractivity contribution in [2.45, 2.75) is 39.3 Å². The maximum atomic E-state index is 13.8.